The third-order valence-electron chi connectivity index (χ3n) is 3.28. The van der Waals surface area contributed by atoms with Crippen LogP contribution < -0.4 is 0 Å². The van der Waals surface area contributed by atoms with Crippen molar-refractivity contribution in [1.82, 2.24) is 4.90 Å². The minimum absolute atomic E-state index is 0. The maximum atomic E-state index is 12.5. The molecule has 3 nitrogen and oxygen atoms in total. The van der Waals surface area contributed by atoms with E-state index in [1.807, 2.05) is 79.7 Å². The quantitative estimate of drug-likeness (QED) is 0.765. The molecule has 0 aliphatic rings. The number of hydrogen-bond acceptors (Lipinski definition) is 3. The summed E-state index contributed by atoms with van der Waals surface area (Å²) in [6, 6.07) is 19.5. The van der Waals surface area contributed by atoms with E-state index in [1.165, 1.54) is 0 Å². The van der Waals surface area contributed by atoms with Crippen LogP contribution in [0.1, 0.15) is 17.0 Å². The van der Waals surface area contributed by atoms with Gasteiger partial charge in [0, 0.05) is 6.54 Å². The topological polar surface area (TPSA) is 29.5 Å². The molecule has 0 fully saturated rings. The summed E-state index contributed by atoms with van der Waals surface area (Å²) in [5.41, 5.74) is 1.91. The molecule has 0 N–H and O–H groups in total. The Morgan fingerprint density at radius 2 is 1.41 bits per heavy atom. The van der Waals surface area contributed by atoms with Gasteiger partial charge in [-0.05, 0) is 25.2 Å². The Morgan fingerprint density at radius 3 is 1.82 bits per heavy atom. The van der Waals surface area contributed by atoms with Crippen LogP contribution >= 0.6 is 12.4 Å². The second kappa shape index (κ2) is 9.23. The first kappa shape index (κ1) is 18.2. The summed E-state index contributed by atoms with van der Waals surface area (Å²) >= 11 is 0. The van der Waals surface area contributed by atoms with Gasteiger partial charge in [-0.2, -0.15) is 0 Å². The van der Waals surface area contributed by atoms with Crippen LogP contribution in [0.5, 0.6) is 0 Å². The minimum Gasteiger partial charge on any atom is -0.464 e. The fraction of sp³-hybridized carbons (Fsp3) is 0.278. The van der Waals surface area contributed by atoms with Crippen molar-refractivity contribution in [3.8, 4) is 0 Å². The van der Waals surface area contributed by atoms with E-state index in [9.17, 15) is 4.79 Å². The van der Waals surface area contributed by atoms with Crippen LogP contribution in [0.2, 0.25) is 0 Å². The number of nitrogens with zero attached hydrogens (tertiary/aromatic N) is 1. The Labute approximate surface area is 138 Å². The molecule has 0 heterocycles. The molecule has 2 aromatic rings. The zero-order valence-corrected chi connectivity index (χ0v) is 13.8. The highest BCUT2D eigenvalue weighted by molar-refractivity contribution is 5.85. The first-order chi connectivity index (χ1) is 10.2. The Kier molecular flexibility index (Phi) is 7.64. The highest BCUT2D eigenvalue weighted by Crippen LogP contribution is 2.25. The van der Waals surface area contributed by atoms with Gasteiger partial charge < -0.3 is 9.64 Å². The van der Waals surface area contributed by atoms with Crippen molar-refractivity contribution in [3.05, 3.63) is 71.8 Å². The van der Waals surface area contributed by atoms with Gasteiger partial charge in [-0.1, -0.05) is 60.7 Å². The van der Waals surface area contributed by atoms with Crippen LogP contribution in [0.15, 0.2) is 60.7 Å². The fourth-order valence-corrected chi connectivity index (χ4v) is 2.17. The highest BCUT2D eigenvalue weighted by Gasteiger charge is 2.23. The molecule has 0 aliphatic carbocycles. The van der Waals surface area contributed by atoms with Crippen molar-refractivity contribution in [3.63, 3.8) is 0 Å². The fourth-order valence-electron chi connectivity index (χ4n) is 2.17. The second-order valence-electron chi connectivity index (χ2n) is 5.23. The van der Waals surface area contributed by atoms with Crippen molar-refractivity contribution >= 4 is 18.4 Å². The summed E-state index contributed by atoms with van der Waals surface area (Å²) in [6.45, 7) is 1.13. The van der Waals surface area contributed by atoms with Crippen molar-refractivity contribution < 1.29 is 9.53 Å². The first-order valence-corrected chi connectivity index (χ1v) is 7.09. The predicted molar refractivity (Wildman–Crippen MR) is 91.5 cm³/mol. The maximum Gasteiger partial charge on any atom is 0.317 e. The maximum absolute atomic E-state index is 12.5. The van der Waals surface area contributed by atoms with Crippen molar-refractivity contribution in [2.24, 2.45) is 0 Å². The standard InChI is InChI=1S/C18H21NO2.ClH/c1-19(2)13-14-21-18(20)17(15-9-5-3-6-10-15)16-11-7-4-8-12-16;/h3-12,17H,13-14H2,1-2H3;1H. The molecule has 118 valence electrons. The number of rotatable bonds is 6. The SMILES string of the molecule is CN(C)CCOC(=O)C(c1ccccc1)c1ccccc1.Cl. The van der Waals surface area contributed by atoms with Gasteiger partial charge in [0.1, 0.15) is 12.5 Å². The molecule has 0 radical (unpaired) electrons. The largest absolute Gasteiger partial charge is 0.464 e. The van der Waals surface area contributed by atoms with Gasteiger partial charge in [0.2, 0.25) is 0 Å². The Bertz CT molecular complexity index is 518. The van der Waals surface area contributed by atoms with E-state index in [1.54, 1.807) is 0 Å². The highest BCUT2D eigenvalue weighted by atomic mass is 35.5. The van der Waals surface area contributed by atoms with E-state index >= 15 is 0 Å². The summed E-state index contributed by atoms with van der Waals surface area (Å²) in [6.07, 6.45) is 0. The Morgan fingerprint density at radius 1 is 0.955 bits per heavy atom. The lowest BCUT2D eigenvalue weighted by molar-refractivity contribution is -0.144. The number of carbonyl (C=O) groups is 1. The Balaban J connectivity index is 0.00000242. The summed E-state index contributed by atoms with van der Waals surface area (Å²) in [5, 5.41) is 0. The monoisotopic (exact) mass is 319 g/mol. The van der Waals surface area contributed by atoms with E-state index < -0.39 is 0 Å². The van der Waals surface area contributed by atoms with Gasteiger partial charge in [0.25, 0.3) is 0 Å². The lowest BCUT2D eigenvalue weighted by Crippen LogP contribution is -2.23. The van der Waals surface area contributed by atoms with E-state index in [0.29, 0.717) is 6.61 Å². The van der Waals surface area contributed by atoms with Gasteiger partial charge in [0.05, 0.1) is 0 Å². The summed E-state index contributed by atoms with van der Waals surface area (Å²) in [7, 11) is 3.92. The molecular weight excluding hydrogens is 298 g/mol. The average molecular weight is 320 g/mol. The number of halogens is 1. The predicted octanol–water partition coefficient (Wildman–Crippen LogP) is 3.35. The number of benzene rings is 2. The molecular formula is C18H22ClNO2. The molecule has 0 spiro atoms. The first-order valence-electron chi connectivity index (χ1n) is 7.09. The third-order valence-corrected chi connectivity index (χ3v) is 3.28. The number of ether oxygens (including phenoxy) is 1. The van der Waals surface area contributed by atoms with E-state index in [2.05, 4.69) is 0 Å². The number of hydrogen-bond donors (Lipinski definition) is 0. The van der Waals surface area contributed by atoms with Crippen molar-refractivity contribution in [1.29, 1.82) is 0 Å². The minimum atomic E-state index is -0.366. The van der Waals surface area contributed by atoms with Crippen LogP contribution in [0.25, 0.3) is 0 Å². The van der Waals surface area contributed by atoms with E-state index in [0.717, 1.165) is 17.7 Å². The number of likely N-dealkylation sites (N-methyl/N-ethyl adjacent to an activating group) is 1. The summed E-state index contributed by atoms with van der Waals surface area (Å²) < 4.78 is 5.44. The zero-order chi connectivity index (χ0) is 15.1. The smallest absolute Gasteiger partial charge is 0.317 e. The molecule has 2 aromatic carbocycles. The molecule has 0 saturated carbocycles. The van der Waals surface area contributed by atoms with Crippen LogP contribution in [-0.4, -0.2) is 38.1 Å². The number of esters is 1. The molecule has 2 rings (SSSR count). The lowest BCUT2D eigenvalue weighted by atomic mass is 9.91. The van der Waals surface area contributed by atoms with Gasteiger partial charge in [0.15, 0.2) is 0 Å². The van der Waals surface area contributed by atoms with Crippen LogP contribution in [0.4, 0.5) is 0 Å². The lowest BCUT2D eigenvalue weighted by Gasteiger charge is -2.18. The van der Waals surface area contributed by atoms with Crippen LogP contribution in [0, 0.1) is 0 Å². The molecule has 0 unspecified atom stereocenters. The normalized spacial score (nSPS) is 10.4. The van der Waals surface area contributed by atoms with E-state index in [4.69, 9.17) is 4.74 Å². The number of carbonyl (C=O) groups excluding carboxylic acids is 1. The van der Waals surface area contributed by atoms with Crippen LogP contribution in [-0.2, 0) is 9.53 Å². The molecule has 0 bridgehead atoms. The van der Waals surface area contributed by atoms with Gasteiger partial charge in [-0.3, -0.25) is 4.79 Å². The summed E-state index contributed by atoms with van der Waals surface area (Å²) in [5.74, 6) is -0.566. The molecule has 0 aromatic heterocycles. The summed E-state index contributed by atoms with van der Waals surface area (Å²) in [4.78, 5) is 14.5. The molecule has 0 saturated heterocycles. The van der Waals surface area contributed by atoms with Gasteiger partial charge in [-0.25, -0.2) is 0 Å². The van der Waals surface area contributed by atoms with Gasteiger partial charge >= 0.3 is 5.97 Å². The molecule has 0 atom stereocenters. The van der Waals surface area contributed by atoms with Crippen molar-refractivity contribution in [2.75, 3.05) is 27.2 Å². The molecule has 22 heavy (non-hydrogen) atoms. The zero-order valence-electron chi connectivity index (χ0n) is 12.9. The molecule has 4 heteroatoms. The second-order valence-corrected chi connectivity index (χ2v) is 5.23. The van der Waals surface area contributed by atoms with Crippen LogP contribution in [0.3, 0.4) is 0 Å². The Hall–Kier alpha value is -1.84. The van der Waals surface area contributed by atoms with Crippen molar-refractivity contribution in [2.45, 2.75) is 5.92 Å². The molecule has 0 aliphatic heterocycles. The van der Waals surface area contributed by atoms with E-state index in [-0.39, 0.29) is 24.3 Å². The third kappa shape index (κ3) is 5.17. The average Bonchev–Trinajstić information content (AvgIpc) is 2.49. The molecule has 0 amide bonds. The van der Waals surface area contributed by atoms with Gasteiger partial charge in [-0.15, -0.1) is 12.4 Å².